The van der Waals surface area contributed by atoms with E-state index in [0.717, 1.165) is 20.9 Å². The first kappa shape index (κ1) is 18.6. The lowest BCUT2D eigenvalue weighted by atomic mass is 9.99. The third-order valence-electron chi connectivity index (χ3n) is 8.64. The number of nitrogens with zero attached hydrogens (tertiary/aromatic N) is 4. The maximum atomic E-state index is 9.34. The van der Waals surface area contributed by atoms with Crippen molar-refractivity contribution in [3.05, 3.63) is 170 Å². The molecule has 0 spiro atoms. The molecule has 0 saturated carbocycles. The Morgan fingerprint density at radius 2 is 1.12 bits per heavy atom. The predicted molar refractivity (Wildman–Crippen MR) is 203 cm³/mol. The quantitative estimate of drug-likeness (QED) is 0.186. The number of hydrogen-bond donors (Lipinski definition) is 0. The monoisotopic (exact) mass is 652 g/mol. The molecule has 0 radical (unpaired) electrons. The summed E-state index contributed by atoms with van der Waals surface area (Å²) in [7, 11) is 0. The van der Waals surface area contributed by atoms with E-state index in [1.54, 1.807) is 24.3 Å². The first-order valence-electron chi connectivity index (χ1n) is 21.7. The topological polar surface area (TPSA) is 56.7 Å². The molecular formula is C45H28N4O. The number of para-hydroxylation sites is 4. The van der Waals surface area contributed by atoms with Gasteiger partial charge in [0, 0.05) is 49.5 Å². The summed E-state index contributed by atoms with van der Waals surface area (Å²) in [5.41, 5.74) is 2.56. The molecule has 0 saturated heterocycles. The number of furan rings is 1. The molecule has 50 heavy (non-hydrogen) atoms. The summed E-state index contributed by atoms with van der Waals surface area (Å²) in [5.74, 6) is 0.930. The molecule has 5 nitrogen and oxygen atoms in total. The molecule has 5 heteroatoms. The number of rotatable bonds is 5. The summed E-state index contributed by atoms with van der Waals surface area (Å²) in [6, 6.07) is 22.0. The molecule has 0 bridgehead atoms. The van der Waals surface area contributed by atoms with E-state index in [9.17, 15) is 1.37 Å². The van der Waals surface area contributed by atoms with Crippen LogP contribution in [0, 0.1) is 0 Å². The van der Waals surface area contributed by atoms with Gasteiger partial charge in [0.15, 0.2) is 17.5 Å². The van der Waals surface area contributed by atoms with E-state index in [0.29, 0.717) is 33.9 Å². The van der Waals surface area contributed by atoms with Crippen LogP contribution in [0.3, 0.4) is 0 Å². The van der Waals surface area contributed by atoms with Crippen molar-refractivity contribution in [3.8, 4) is 51.0 Å². The molecule has 3 aromatic heterocycles. The Morgan fingerprint density at radius 1 is 0.460 bits per heavy atom. The Hall–Kier alpha value is -6.85. The van der Waals surface area contributed by atoms with Gasteiger partial charge >= 0.3 is 0 Å². The summed E-state index contributed by atoms with van der Waals surface area (Å²) in [6.45, 7) is 0. The zero-order chi connectivity index (χ0) is 43.5. The van der Waals surface area contributed by atoms with Gasteiger partial charge in [0.25, 0.3) is 0 Å². The van der Waals surface area contributed by atoms with Crippen LogP contribution in [0.25, 0.3) is 94.7 Å². The molecule has 0 aliphatic carbocycles. The van der Waals surface area contributed by atoms with Crippen molar-refractivity contribution in [2.75, 3.05) is 0 Å². The molecule has 0 atom stereocenters. The van der Waals surface area contributed by atoms with E-state index in [-0.39, 0.29) is 38.8 Å². The van der Waals surface area contributed by atoms with Gasteiger partial charge in [-0.05, 0) is 48.0 Å². The molecule has 234 valence electrons. The Morgan fingerprint density at radius 3 is 1.98 bits per heavy atom. The van der Waals surface area contributed by atoms with Gasteiger partial charge in [0.1, 0.15) is 11.2 Å². The minimum absolute atomic E-state index is 0.0318. The zero-order valence-corrected chi connectivity index (χ0v) is 25.9. The first-order chi connectivity index (χ1) is 29.8. The Labute approximate surface area is 304 Å². The van der Waals surface area contributed by atoms with Crippen LogP contribution in [0.4, 0.5) is 0 Å². The van der Waals surface area contributed by atoms with Crippen molar-refractivity contribution < 1.29 is 20.9 Å². The van der Waals surface area contributed by atoms with Crippen molar-refractivity contribution in [1.29, 1.82) is 0 Å². The fourth-order valence-corrected chi connectivity index (χ4v) is 6.39. The highest BCUT2D eigenvalue weighted by molar-refractivity contribution is 6.14. The van der Waals surface area contributed by atoms with Crippen LogP contribution in [0.15, 0.2) is 174 Å². The maximum Gasteiger partial charge on any atom is 0.164 e. The van der Waals surface area contributed by atoms with Crippen LogP contribution in [0.2, 0.25) is 0 Å². The van der Waals surface area contributed by atoms with E-state index in [1.165, 1.54) is 0 Å². The second-order valence-electron chi connectivity index (χ2n) is 11.6. The predicted octanol–water partition coefficient (Wildman–Crippen LogP) is 11.5. The van der Waals surface area contributed by atoms with Crippen molar-refractivity contribution in [2.24, 2.45) is 0 Å². The molecule has 0 aliphatic rings. The minimum Gasteiger partial charge on any atom is -0.456 e. The van der Waals surface area contributed by atoms with Gasteiger partial charge in [-0.3, -0.25) is 0 Å². The van der Waals surface area contributed by atoms with Crippen molar-refractivity contribution >= 4 is 43.7 Å². The third kappa shape index (κ3) is 4.60. The average molecular weight is 653 g/mol. The molecule has 0 fully saturated rings. The second kappa shape index (κ2) is 11.4. The molecule has 0 amide bonds. The van der Waals surface area contributed by atoms with Crippen molar-refractivity contribution in [3.63, 3.8) is 0 Å². The highest BCUT2D eigenvalue weighted by Crippen LogP contribution is 2.39. The molecule has 3 heterocycles. The lowest BCUT2D eigenvalue weighted by molar-refractivity contribution is 0.669. The van der Waals surface area contributed by atoms with Gasteiger partial charge in [-0.1, -0.05) is 127 Å². The Balaban J connectivity index is 1.27. The SMILES string of the molecule is [2H]c1c([2H])c([2H])c(-n2c3c([2H])c([2H])c([2H])c([2H])c3c3c([2H])c([2H])c([2H])c(-c4cccc(-c5nc(-c6ccccc6)nc(-c6ccc7c(c6)oc6ccccc67)n5)c4)c32)c([2H])c1[2H]. The number of benzene rings is 7. The summed E-state index contributed by atoms with van der Waals surface area (Å²) >= 11 is 0. The second-order valence-corrected chi connectivity index (χ2v) is 11.6. The van der Waals surface area contributed by atoms with Crippen LogP contribution >= 0.6 is 0 Å². The number of aromatic nitrogens is 4. The summed E-state index contributed by atoms with van der Waals surface area (Å²) in [5, 5.41) is 1.53. The lowest BCUT2D eigenvalue weighted by Gasteiger charge is -2.13. The maximum absolute atomic E-state index is 9.34. The average Bonchev–Trinajstić information content (AvgIpc) is 3.84. The van der Waals surface area contributed by atoms with Gasteiger partial charge < -0.3 is 8.98 Å². The molecule has 10 aromatic rings. The summed E-state index contributed by atoms with van der Waals surface area (Å²) in [4.78, 5) is 14.7. The van der Waals surface area contributed by atoms with Gasteiger partial charge in [0.2, 0.25) is 0 Å². The van der Waals surface area contributed by atoms with E-state index < -0.39 is 78.2 Å². The number of hydrogen-bond acceptors (Lipinski definition) is 4. The van der Waals surface area contributed by atoms with Gasteiger partial charge in [-0.2, -0.15) is 0 Å². The fourth-order valence-electron chi connectivity index (χ4n) is 6.39. The van der Waals surface area contributed by atoms with Gasteiger partial charge in [-0.25, -0.2) is 15.0 Å². The molecular weight excluding hydrogens is 613 g/mol. The Kier molecular flexibility index (Phi) is 4.24. The smallest absolute Gasteiger partial charge is 0.164 e. The van der Waals surface area contributed by atoms with Gasteiger partial charge in [0.05, 0.1) is 27.5 Å². The third-order valence-corrected chi connectivity index (χ3v) is 8.64. The highest BCUT2D eigenvalue weighted by Gasteiger charge is 2.18. The van der Waals surface area contributed by atoms with Crippen molar-refractivity contribution in [1.82, 2.24) is 19.5 Å². The first-order valence-corrected chi connectivity index (χ1v) is 15.7. The summed E-state index contributed by atoms with van der Waals surface area (Å²) in [6.07, 6.45) is 0. The molecule has 0 unspecified atom stereocenters. The molecule has 7 aromatic carbocycles. The number of fused-ring (bicyclic) bond motifs is 6. The van der Waals surface area contributed by atoms with E-state index in [2.05, 4.69) is 0 Å². The van der Waals surface area contributed by atoms with Crippen LogP contribution in [0.1, 0.15) is 16.4 Å². The normalized spacial score (nSPS) is 15.0. The minimum atomic E-state index is -0.700. The lowest BCUT2D eigenvalue weighted by Crippen LogP contribution is -2.00. The van der Waals surface area contributed by atoms with Crippen LogP contribution in [-0.4, -0.2) is 19.5 Å². The summed E-state index contributed by atoms with van der Waals surface area (Å²) < 4.78 is 113. The standard InChI is InChI=1S/C45H28N4O/c1-3-13-29(14-4-1)43-46-44(48-45(47-43)32-25-26-37-36-20-8-10-24-40(36)50-41(37)28-32)31-16-11-15-30(27-31)34-21-12-22-38-35-19-7-9-23-39(35)49(42(34)38)33-17-5-2-6-18-33/h1-28H/i2D,5D,6D,7D,9D,12D,17D,18D,19D,21D,22D,23D. The van der Waals surface area contributed by atoms with Crippen molar-refractivity contribution in [2.45, 2.75) is 0 Å². The van der Waals surface area contributed by atoms with Crippen LogP contribution in [-0.2, 0) is 0 Å². The highest BCUT2D eigenvalue weighted by atomic mass is 16.3. The zero-order valence-electron chi connectivity index (χ0n) is 37.9. The molecule has 10 rings (SSSR count). The van der Waals surface area contributed by atoms with E-state index in [4.69, 9.17) is 34.4 Å². The van der Waals surface area contributed by atoms with Crippen LogP contribution < -0.4 is 0 Å². The molecule has 0 aliphatic heterocycles. The molecule has 0 N–H and O–H groups in total. The van der Waals surface area contributed by atoms with Crippen LogP contribution in [0.5, 0.6) is 0 Å². The largest absolute Gasteiger partial charge is 0.456 e. The fraction of sp³-hybridized carbons (Fsp3) is 0. The van der Waals surface area contributed by atoms with Gasteiger partial charge in [-0.15, -0.1) is 0 Å². The van der Waals surface area contributed by atoms with E-state index in [1.807, 2.05) is 72.8 Å². The Bertz CT molecular complexity index is 3540. The van der Waals surface area contributed by atoms with E-state index >= 15 is 0 Å².